The number of hydrogen-bond acceptors (Lipinski definition) is 22. The number of aromatic nitrogens is 6. The summed E-state index contributed by atoms with van der Waals surface area (Å²) in [6.45, 7) is 18.5. The van der Waals surface area contributed by atoms with Crippen LogP contribution in [0.2, 0.25) is 5.15 Å². The van der Waals surface area contributed by atoms with E-state index in [1.165, 1.54) is 72.8 Å². The van der Waals surface area contributed by atoms with E-state index < -0.39 is 112 Å². The molecule has 22 nitrogen and oxygen atoms in total. The van der Waals surface area contributed by atoms with Crippen molar-refractivity contribution in [3.8, 4) is 56.8 Å². The molecule has 1 aliphatic rings. The molecule has 0 bridgehead atoms. The number of nitrogens with zero attached hydrogens (tertiary/aromatic N) is 6. The van der Waals surface area contributed by atoms with Crippen LogP contribution in [0.5, 0.6) is 23.0 Å². The van der Waals surface area contributed by atoms with Crippen molar-refractivity contribution < 1.29 is 261 Å². The SMILES string of the molecule is C=CCBr.C=CCOc1ccccc1-c1nc(CS(=O)(=O)c2cccc(F)n2)ccc1C(F)(F)F.C=CCOc1ccccc1-c1nc(N)ccc1C(F)(F)F.CC1(C)OB(c2ccccc2O)OC1(C)C.Nc1ccc(C(F)(F)F)c(-c2ccccc2O)n1.Nc1ccc(C(F)(F)F)c(Cl)n1.O=CO[O-].O=S(=O)(Cl)c1cccc(F)n1.[Cs+].[Cs+].[H-]. The second kappa shape index (κ2) is 49.4. The van der Waals surface area contributed by atoms with Gasteiger partial charge in [-0.1, -0.05) is 126 Å². The molecule has 119 heavy (non-hydrogen) atoms. The zero-order chi connectivity index (χ0) is 88.1. The van der Waals surface area contributed by atoms with Crippen molar-refractivity contribution in [2.24, 2.45) is 0 Å². The van der Waals surface area contributed by atoms with Gasteiger partial charge in [0.05, 0.1) is 62.0 Å². The maximum atomic E-state index is 13.6. The summed E-state index contributed by atoms with van der Waals surface area (Å²) in [5.74, 6) is -2.33. The van der Waals surface area contributed by atoms with E-state index in [0.717, 1.165) is 78.1 Å². The Labute approximate surface area is 810 Å². The number of ether oxygens (including phenoxy) is 2. The Morgan fingerprint density at radius 2 is 0.866 bits per heavy atom. The van der Waals surface area contributed by atoms with E-state index in [1.807, 2.05) is 39.8 Å². The normalized spacial score (nSPS) is 12.4. The van der Waals surface area contributed by atoms with E-state index in [1.54, 1.807) is 42.5 Å². The standard InChI is InChI=1S/C21H16F4N2O3S.C15H13F3N2O.C12H17BO3.C12H9F3N2O.C6H4ClF3N2.C5H3ClFNO2S.C3H5Br.CH2O3.2Cs.H/c1-2-12-30-17-7-4-3-6-15(17)20-16(21(23,24)25)11-10-14(26-20)13-31(28,29)19-9-5-8-18(22)27-19;1-2-9-21-12-6-4-3-5-10(12)14-11(15(16,17)18)7-8-13(19)20-14;1-11(2)12(3,4)16-13(15-11)9-7-5-6-8-10(9)14;13-12(14,15)8-5-6-10(16)17-11(8)7-3-1-2-4-9(7)18;7-5-3(6(8,9)10)1-2-4(11)12-5;6-11(9,10)5-3-1-2-4(7)8-5;1-2-3-4;2-1-4-3;;;/h2-11H,1,12-13H2;2-8H,1,9H2,(H2,19,20);5-8,14H,1-4H3;1-6,18H,(H2,16,17);1-2H,(H2,11,12);1-3H;2H,1,3H2;1,3H;;;/q;;;;;;;;2*+1;-1/p-1. The van der Waals surface area contributed by atoms with Crippen LogP contribution < -0.4 is 175 Å². The topological polar surface area (TPSA) is 350 Å². The van der Waals surface area contributed by atoms with E-state index in [-0.39, 0.29) is 239 Å². The predicted octanol–water partition coefficient (Wildman–Crippen LogP) is 11.1. The maximum absolute atomic E-state index is 13.6. The minimum Gasteiger partial charge on any atom is -1.00 e. The third-order valence-electron chi connectivity index (χ3n) is 14.9. The van der Waals surface area contributed by atoms with Gasteiger partial charge in [-0.3, -0.25) is 9.78 Å². The number of alkyl halides is 13. The number of benzene rings is 4. The molecule has 0 aliphatic carbocycles. The van der Waals surface area contributed by atoms with Crippen LogP contribution in [0.15, 0.2) is 230 Å². The van der Waals surface area contributed by atoms with Crippen molar-refractivity contribution in [1.29, 1.82) is 0 Å². The second-order valence-electron chi connectivity index (χ2n) is 23.8. The molecule has 1 fully saturated rings. The number of nitrogen functional groups attached to an aromatic ring is 3. The molecule has 7 heterocycles. The van der Waals surface area contributed by atoms with Gasteiger partial charge in [-0.2, -0.15) is 61.5 Å². The first-order valence-corrected chi connectivity index (χ1v) is 38.1. The number of pyridine rings is 6. The van der Waals surface area contributed by atoms with E-state index in [0.29, 0.717) is 11.2 Å². The van der Waals surface area contributed by atoms with Gasteiger partial charge in [-0.15, -0.1) is 6.58 Å². The number of allylic oxidation sites excluding steroid dienone is 1. The van der Waals surface area contributed by atoms with Crippen LogP contribution in [-0.4, -0.2) is 100 Å². The van der Waals surface area contributed by atoms with Crippen LogP contribution in [0.1, 0.15) is 57.1 Å². The summed E-state index contributed by atoms with van der Waals surface area (Å²) in [6.07, 6.45) is -13.6. The van der Waals surface area contributed by atoms with Gasteiger partial charge in [-0.25, -0.2) is 41.8 Å². The Bertz CT molecular complexity index is 5240. The summed E-state index contributed by atoms with van der Waals surface area (Å²) in [6, 6.07) is 39.3. The van der Waals surface area contributed by atoms with Gasteiger partial charge in [0.1, 0.15) is 58.8 Å². The minimum absolute atomic E-state index is 0. The fourth-order valence-electron chi connectivity index (χ4n) is 9.05. The van der Waals surface area contributed by atoms with Crippen molar-refractivity contribution in [3.05, 3.63) is 265 Å². The molecule has 0 spiro atoms. The molecule has 44 heteroatoms. The van der Waals surface area contributed by atoms with Gasteiger partial charge in [0, 0.05) is 38.2 Å². The number of phenols is 2. The largest absolute Gasteiger partial charge is 1.00 e. The van der Waals surface area contributed by atoms with Gasteiger partial charge in [0.2, 0.25) is 21.7 Å². The number of carbonyl (C=O) groups excluding carboxylic acids is 1. The minimum atomic E-state index is -4.74. The Morgan fingerprint density at radius 3 is 1.24 bits per heavy atom. The monoisotopic (exact) mass is 2060 g/mol. The van der Waals surface area contributed by atoms with Gasteiger partial charge in [0.25, 0.3) is 15.5 Å². The number of aromatic hydroxyl groups is 2. The predicted molar refractivity (Wildman–Crippen MR) is 413 cm³/mol. The van der Waals surface area contributed by atoms with Gasteiger partial charge in [-0.05, 0) is 143 Å². The van der Waals surface area contributed by atoms with Crippen LogP contribution in [0, 0.1) is 11.9 Å². The van der Waals surface area contributed by atoms with Crippen LogP contribution in [0.4, 0.5) is 78.9 Å². The molecule has 0 saturated carbocycles. The molecule has 0 unspecified atom stereocenters. The number of nitrogens with two attached hydrogens (primary N) is 3. The average Bonchev–Trinajstić information content (AvgIpc) is 1.62. The Kier molecular flexibility index (Phi) is 44.9. The first-order chi connectivity index (χ1) is 54.5. The summed E-state index contributed by atoms with van der Waals surface area (Å²) >= 11 is 8.33. The molecule has 0 atom stereocenters. The summed E-state index contributed by atoms with van der Waals surface area (Å²) in [5, 5.41) is 27.0. The zero-order valence-corrected chi connectivity index (χ0v) is 80.5. The molecule has 0 radical (unpaired) electrons. The van der Waals surface area contributed by atoms with E-state index in [2.05, 4.69) is 70.5 Å². The molecule has 628 valence electrons. The molecular weight excluding hydrogens is 1990 g/mol. The number of sulfone groups is 1. The zero-order valence-electron chi connectivity index (χ0n) is 64.2. The maximum Gasteiger partial charge on any atom is 1.00 e. The Hall–Kier alpha value is -6.90. The third kappa shape index (κ3) is 34.7. The average molecular weight is 2060 g/mol. The number of anilines is 3. The van der Waals surface area contributed by atoms with E-state index in [4.69, 9.17) is 68.3 Å². The second-order valence-corrected chi connectivity index (χ2v) is 29.3. The Balaban J connectivity index is 0.000000724. The van der Waals surface area contributed by atoms with Crippen molar-refractivity contribution in [1.82, 2.24) is 29.9 Å². The molecule has 1 saturated heterocycles. The quantitative estimate of drug-likeness (QED) is 0.00690. The first-order valence-electron chi connectivity index (χ1n) is 32.7. The van der Waals surface area contributed by atoms with Gasteiger partial charge >= 0.3 is 170 Å². The number of carbonyl (C=O) groups is 1. The molecular formula is C75H69BBrCl2Cs2F14N9O13S2. The summed E-state index contributed by atoms with van der Waals surface area (Å²) in [5.41, 5.74) is 11.2. The number of halogens is 17. The number of para-hydroxylation sites is 4. The fourth-order valence-corrected chi connectivity index (χ4v) is 11.2. The van der Waals surface area contributed by atoms with Crippen LogP contribution in [0.25, 0.3) is 33.8 Å². The number of rotatable bonds is 16. The molecule has 10 aromatic rings. The van der Waals surface area contributed by atoms with Crippen molar-refractivity contribution in [2.45, 2.75) is 79.4 Å². The number of hydrogen-bond donors (Lipinski definition) is 5. The van der Waals surface area contributed by atoms with Gasteiger partial charge < -0.3 is 57.8 Å². The Morgan fingerprint density at radius 1 is 0.513 bits per heavy atom. The van der Waals surface area contributed by atoms with Crippen molar-refractivity contribution >= 4 is 93.6 Å². The van der Waals surface area contributed by atoms with E-state index >= 15 is 0 Å². The van der Waals surface area contributed by atoms with Crippen LogP contribution >= 0.6 is 38.2 Å². The first kappa shape index (κ1) is 108. The third-order valence-corrected chi connectivity index (χ3v) is 18.4. The summed E-state index contributed by atoms with van der Waals surface area (Å²) in [7, 11) is -3.67. The fraction of sp³-hybridized carbons (Fsp3) is 0.187. The molecule has 1 aliphatic heterocycles. The van der Waals surface area contributed by atoms with Crippen LogP contribution in [-0.2, 0) is 68.3 Å². The molecule has 0 amide bonds. The molecule has 8 N–H and O–H groups in total. The van der Waals surface area contributed by atoms with Gasteiger partial charge in [0.15, 0.2) is 10.1 Å². The summed E-state index contributed by atoms with van der Waals surface area (Å²) < 4.78 is 249. The van der Waals surface area contributed by atoms with E-state index in [9.17, 15) is 88.5 Å². The van der Waals surface area contributed by atoms with Crippen LogP contribution in [0.3, 0.4) is 0 Å². The summed E-state index contributed by atoms with van der Waals surface area (Å²) in [4.78, 5) is 32.4. The molecule has 4 aromatic carbocycles. The van der Waals surface area contributed by atoms with Crippen molar-refractivity contribution in [3.63, 3.8) is 0 Å². The number of phenolic OH excluding ortho intramolecular Hbond substituents is 2. The smallest absolute Gasteiger partial charge is 1.00 e. The van der Waals surface area contributed by atoms with Crippen molar-refractivity contribution in [2.75, 3.05) is 35.7 Å². The molecule has 6 aromatic heterocycles. The molecule has 11 rings (SSSR count).